The molecule has 2 atom stereocenters. The number of benzene rings is 1. The second kappa shape index (κ2) is 6.25. The van der Waals surface area contributed by atoms with Crippen molar-refractivity contribution in [3.05, 3.63) is 35.4 Å². The van der Waals surface area contributed by atoms with Crippen LogP contribution in [0.15, 0.2) is 18.2 Å². The largest absolute Gasteiger partial charge is 0.381 e. The summed E-state index contributed by atoms with van der Waals surface area (Å²) in [7, 11) is 1.88. The first kappa shape index (κ1) is 13.4. The summed E-state index contributed by atoms with van der Waals surface area (Å²) in [4.78, 5) is 0. The molecule has 0 aromatic heterocycles. The van der Waals surface area contributed by atoms with Crippen molar-refractivity contribution in [2.45, 2.75) is 25.3 Å². The number of nitrogens with one attached hydrogen (secondary N) is 1. The molecule has 0 bridgehead atoms. The Hall–Kier alpha value is -1.00. The highest BCUT2D eigenvalue weighted by molar-refractivity contribution is 5.19. The van der Waals surface area contributed by atoms with Crippen molar-refractivity contribution < 1.29 is 13.5 Å². The van der Waals surface area contributed by atoms with Gasteiger partial charge in [0.1, 0.15) is 11.6 Å². The summed E-state index contributed by atoms with van der Waals surface area (Å²) in [6.45, 7) is 1.53. The zero-order valence-electron chi connectivity index (χ0n) is 10.6. The van der Waals surface area contributed by atoms with E-state index in [1.54, 1.807) is 0 Å². The Morgan fingerprint density at radius 1 is 1.44 bits per heavy atom. The van der Waals surface area contributed by atoms with E-state index in [4.69, 9.17) is 4.74 Å². The summed E-state index contributed by atoms with van der Waals surface area (Å²) in [6, 6.07) is 3.95. The highest BCUT2D eigenvalue weighted by atomic mass is 19.1. The van der Waals surface area contributed by atoms with Gasteiger partial charge in [-0.05, 0) is 43.9 Å². The van der Waals surface area contributed by atoms with Gasteiger partial charge in [0.15, 0.2) is 0 Å². The molecule has 1 fully saturated rings. The molecule has 1 aromatic rings. The first-order chi connectivity index (χ1) is 8.70. The van der Waals surface area contributed by atoms with Crippen molar-refractivity contribution in [1.82, 2.24) is 5.32 Å². The van der Waals surface area contributed by atoms with Crippen LogP contribution >= 0.6 is 0 Å². The van der Waals surface area contributed by atoms with E-state index >= 15 is 0 Å². The summed E-state index contributed by atoms with van der Waals surface area (Å²) in [6.07, 6.45) is 2.71. The molecule has 2 rings (SSSR count). The Morgan fingerprint density at radius 3 is 2.89 bits per heavy atom. The Bertz CT molecular complexity index is 391. The number of hydrogen-bond acceptors (Lipinski definition) is 2. The fourth-order valence-corrected chi connectivity index (χ4v) is 2.51. The van der Waals surface area contributed by atoms with E-state index in [1.165, 1.54) is 12.1 Å². The minimum Gasteiger partial charge on any atom is -0.381 e. The standard InChI is InChI=1S/C14H19F2NO/c1-17-14(11-3-2-6-18-9-11)7-10-4-5-12(15)8-13(10)16/h4-5,8,11,14,17H,2-3,6-7,9H2,1H3. The average Bonchev–Trinajstić information content (AvgIpc) is 2.39. The first-order valence-electron chi connectivity index (χ1n) is 6.39. The molecule has 0 saturated carbocycles. The van der Waals surface area contributed by atoms with Crippen LogP contribution in [0.2, 0.25) is 0 Å². The quantitative estimate of drug-likeness (QED) is 0.892. The van der Waals surface area contributed by atoms with Crippen LogP contribution in [0.5, 0.6) is 0 Å². The van der Waals surface area contributed by atoms with E-state index < -0.39 is 11.6 Å². The van der Waals surface area contributed by atoms with Crippen LogP contribution in [0.1, 0.15) is 18.4 Å². The highest BCUT2D eigenvalue weighted by Crippen LogP contribution is 2.21. The van der Waals surface area contributed by atoms with Crippen molar-refractivity contribution in [3.8, 4) is 0 Å². The molecule has 0 spiro atoms. The zero-order chi connectivity index (χ0) is 13.0. The lowest BCUT2D eigenvalue weighted by Gasteiger charge is -2.30. The van der Waals surface area contributed by atoms with Crippen LogP contribution in [0.3, 0.4) is 0 Å². The lowest BCUT2D eigenvalue weighted by Crippen LogP contribution is -2.40. The van der Waals surface area contributed by atoms with Gasteiger partial charge in [-0.25, -0.2) is 8.78 Å². The van der Waals surface area contributed by atoms with Crippen LogP contribution in [-0.4, -0.2) is 26.3 Å². The lowest BCUT2D eigenvalue weighted by atomic mass is 9.89. The zero-order valence-corrected chi connectivity index (χ0v) is 10.6. The van der Waals surface area contributed by atoms with Gasteiger partial charge in [-0.1, -0.05) is 6.07 Å². The molecule has 4 heteroatoms. The van der Waals surface area contributed by atoms with Crippen LogP contribution in [0.4, 0.5) is 8.78 Å². The number of ether oxygens (including phenoxy) is 1. The molecule has 100 valence electrons. The van der Waals surface area contributed by atoms with Gasteiger partial charge in [0.2, 0.25) is 0 Å². The minimum absolute atomic E-state index is 0.172. The maximum absolute atomic E-state index is 13.6. The normalized spacial score (nSPS) is 21.8. The van der Waals surface area contributed by atoms with E-state index in [-0.39, 0.29) is 6.04 Å². The second-order valence-corrected chi connectivity index (χ2v) is 4.81. The third kappa shape index (κ3) is 3.27. The van der Waals surface area contributed by atoms with Gasteiger partial charge in [0.05, 0.1) is 6.61 Å². The summed E-state index contributed by atoms with van der Waals surface area (Å²) in [5.41, 5.74) is 0.557. The van der Waals surface area contributed by atoms with E-state index in [2.05, 4.69) is 5.32 Å². The Kier molecular flexibility index (Phi) is 4.66. The molecule has 1 aliphatic heterocycles. The maximum Gasteiger partial charge on any atom is 0.129 e. The third-order valence-corrected chi connectivity index (χ3v) is 3.59. The third-order valence-electron chi connectivity index (χ3n) is 3.59. The van der Waals surface area contributed by atoms with Crippen LogP contribution in [-0.2, 0) is 11.2 Å². The molecule has 1 saturated heterocycles. The number of halogens is 2. The Labute approximate surface area is 106 Å². The summed E-state index contributed by atoms with van der Waals surface area (Å²) in [5.74, 6) is -0.599. The van der Waals surface area contributed by atoms with E-state index in [0.717, 1.165) is 25.5 Å². The van der Waals surface area contributed by atoms with E-state index in [1.807, 2.05) is 7.05 Å². The molecule has 1 aromatic carbocycles. The van der Waals surface area contributed by atoms with Gasteiger partial charge in [-0.2, -0.15) is 0 Å². The summed E-state index contributed by atoms with van der Waals surface area (Å²) < 4.78 is 31.9. The van der Waals surface area contributed by atoms with E-state index in [9.17, 15) is 8.78 Å². The molecule has 0 aliphatic carbocycles. The maximum atomic E-state index is 13.6. The van der Waals surface area contributed by atoms with Gasteiger partial charge in [-0.3, -0.25) is 0 Å². The fourth-order valence-electron chi connectivity index (χ4n) is 2.51. The summed E-state index contributed by atoms with van der Waals surface area (Å²) in [5, 5.41) is 3.22. The molecule has 0 radical (unpaired) electrons. The van der Waals surface area contributed by atoms with Crippen molar-refractivity contribution >= 4 is 0 Å². The predicted molar refractivity (Wildman–Crippen MR) is 66.5 cm³/mol. The van der Waals surface area contributed by atoms with Gasteiger partial charge in [-0.15, -0.1) is 0 Å². The van der Waals surface area contributed by atoms with Crippen molar-refractivity contribution in [2.24, 2.45) is 5.92 Å². The monoisotopic (exact) mass is 255 g/mol. The SMILES string of the molecule is CNC(Cc1ccc(F)cc1F)C1CCCOC1. The Morgan fingerprint density at radius 2 is 2.28 bits per heavy atom. The van der Waals surface area contributed by atoms with E-state index in [0.29, 0.717) is 24.5 Å². The van der Waals surface area contributed by atoms with Crippen molar-refractivity contribution in [3.63, 3.8) is 0 Å². The van der Waals surface area contributed by atoms with Crippen molar-refractivity contribution in [2.75, 3.05) is 20.3 Å². The molecule has 18 heavy (non-hydrogen) atoms. The molecule has 1 N–H and O–H groups in total. The number of hydrogen-bond donors (Lipinski definition) is 1. The second-order valence-electron chi connectivity index (χ2n) is 4.81. The minimum atomic E-state index is -0.529. The fraction of sp³-hybridized carbons (Fsp3) is 0.571. The molecule has 0 amide bonds. The molecular weight excluding hydrogens is 236 g/mol. The lowest BCUT2D eigenvalue weighted by molar-refractivity contribution is 0.0403. The highest BCUT2D eigenvalue weighted by Gasteiger charge is 2.24. The van der Waals surface area contributed by atoms with Crippen molar-refractivity contribution in [1.29, 1.82) is 0 Å². The molecule has 1 heterocycles. The summed E-state index contributed by atoms with van der Waals surface area (Å²) >= 11 is 0. The first-order valence-corrected chi connectivity index (χ1v) is 6.39. The molecule has 2 nitrogen and oxygen atoms in total. The van der Waals surface area contributed by atoms with Gasteiger partial charge in [0, 0.05) is 18.7 Å². The van der Waals surface area contributed by atoms with Gasteiger partial charge < -0.3 is 10.1 Å². The van der Waals surface area contributed by atoms with Crippen LogP contribution < -0.4 is 5.32 Å². The smallest absolute Gasteiger partial charge is 0.129 e. The number of likely N-dealkylation sites (N-methyl/N-ethyl adjacent to an activating group) is 1. The van der Waals surface area contributed by atoms with Crippen LogP contribution in [0, 0.1) is 17.6 Å². The topological polar surface area (TPSA) is 21.3 Å². The van der Waals surface area contributed by atoms with Crippen LogP contribution in [0.25, 0.3) is 0 Å². The Balaban J connectivity index is 2.04. The number of rotatable bonds is 4. The predicted octanol–water partition coefficient (Wildman–Crippen LogP) is 2.52. The van der Waals surface area contributed by atoms with Gasteiger partial charge in [0.25, 0.3) is 0 Å². The molecule has 2 unspecified atom stereocenters. The molecular formula is C14H19F2NO. The molecule has 1 aliphatic rings. The van der Waals surface area contributed by atoms with Gasteiger partial charge >= 0.3 is 0 Å². The average molecular weight is 255 g/mol.